The van der Waals surface area contributed by atoms with Crippen molar-refractivity contribution in [3.05, 3.63) is 53.6 Å². The summed E-state index contributed by atoms with van der Waals surface area (Å²) in [5, 5.41) is 2.81. The Balaban J connectivity index is 1.95. The molecule has 5 nitrogen and oxygen atoms in total. The third-order valence-corrected chi connectivity index (χ3v) is 4.14. The van der Waals surface area contributed by atoms with Crippen molar-refractivity contribution >= 4 is 17.9 Å². The zero-order valence-corrected chi connectivity index (χ0v) is 15.5. The Bertz CT molecular complexity index is 740. The van der Waals surface area contributed by atoms with Gasteiger partial charge in [0.05, 0.1) is 6.61 Å². The van der Waals surface area contributed by atoms with Crippen LogP contribution < -0.4 is 14.8 Å². The van der Waals surface area contributed by atoms with Gasteiger partial charge in [0.25, 0.3) is 5.91 Å². The third-order valence-electron chi connectivity index (χ3n) is 4.14. The number of rotatable bonds is 9. The fourth-order valence-electron chi connectivity index (χ4n) is 2.46. The number of amides is 1. The highest BCUT2D eigenvalue weighted by Gasteiger charge is 2.10. The number of anilines is 1. The minimum Gasteiger partial charge on any atom is -0.490 e. The van der Waals surface area contributed by atoms with Crippen LogP contribution in [0.5, 0.6) is 11.5 Å². The normalized spacial score (nSPS) is 11.5. The number of ether oxygens (including phenoxy) is 2. The minimum absolute atomic E-state index is 0.145. The topological polar surface area (TPSA) is 64.6 Å². The molecular weight excluding hydrogens is 330 g/mol. The maximum Gasteiger partial charge on any atom is 0.262 e. The molecule has 0 saturated carbocycles. The maximum atomic E-state index is 12.1. The molecule has 0 unspecified atom stereocenters. The van der Waals surface area contributed by atoms with Gasteiger partial charge >= 0.3 is 0 Å². The minimum atomic E-state index is -0.261. The van der Waals surface area contributed by atoms with Gasteiger partial charge in [0.15, 0.2) is 18.1 Å². The van der Waals surface area contributed by atoms with E-state index >= 15 is 0 Å². The zero-order valence-electron chi connectivity index (χ0n) is 15.5. The van der Waals surface area contributed by atoms with Gasteiger partial charge in [0.1, 0.15) is 6.29 Å². The quantitative estimate of drug-likeness (QED) is 0.676. The Morgan fingerprint density at radius 1 is 1.08 bits per heavy atom. The van der Waals surface area contributed by atoms with Crippen LogP contribution in [0.15, 0.2) is 42.5 Å². The number of nitrogens with one attached hydrogen (secondary N) is 1. The number of benzene rings is 2. The molecule has 5 heteroatoms. The van der Waals surface area contributed by atoms with Crippen molar-refractivity contribution in [2.24, 2.45) is 0 Å². The molecule has 0 saturated heterocycles. The van der Waals surface area contributed by atoms with Crippen molar-refractivity contribution in [1.29, 1.82) is 0 Å². The predicted octanol–water partition coefficient (Wildman–Crippen LogP) is 4.43. The second-order valence-electron chi connectivity index (χ2n) is 6.03. The molecule has 0 bridgehead atoms. The van der Waals surface area contributed by atoms with Gasteiger partial charge in [-0.3, -0.25) is 9.59 Å². The lowest BCUT2D eigenvalue weighted by Crippen LogP contribution is -2.20. The van der Waals surface area contributed by atoms with Crippen LogP contribution in [0.3, 0.4) is 0 Å². The van der Waals surface area contributed by atoms with Gasteiger partial charge in [-0.1, -0.05) is 26.0 Å². The first-order chi connectivity index (χ1) is 12.6. The monoisotopic (exact) mass is 355 g/mol. The SMILES string of the molecule is CCOc1cc(C=O)ccc1OCC(=O)Nc1ccc([C@@H](C)CC)cc1. The van der Waals surface area contributed by atoms with Crippen molar-refractivity contribution in [3.63, 3.8) is 0 Å². The van der Waals surface area contributed by atoms with Gasteiger partial charge < -0.3 is 14.8 Å². The first-order valence-corrected chi connectivity index (χ1v) is 8.82. The molecule has 2 rings (SSSR count). The molecule has 26 heavy (non-hydrogen) atoms. The standard InChI is InChI=1S/C21H25NO4/c1-4-15(3)17-7-9-18(10-8-17)22-21(24)14-26-19-11-6-16(13-23)12-20(19)25-5-2/h6-13,15H,4-5,14H2,1-3H3,(H,22,24)/t15-/m0/s1. The van der Waals surface area contributed by atoms with Gasteiger partial charge in [-0.15, -0.1) is 0 Å². The van der Waals surface area contributed by atoms with Crippen LogP contribution in [-0.4, -0.2) is 25.4 Å². The summed E-state index contributed by atoms with van der Waals surface area (Å²) >= 11 is 0. The van der Waals surface area contributed by atoms with Crippen molar-refractivity contribution in [2.75, 3.05) is 18.5 Å². The highest BCUT2D eigenvalue weighted by atomic mass is 16.5. The average Bonchev–Trinajstić information content (AvgIpc) is 2.67. The molecule has 0 aliphatic heterocycles. The Morgan fingerprint density at radius 2 is 1.81 bits per heavy atom. The van der Waals surface area contributed by atoms with E-state index in [9.17, 15) is 9.59 Å². The summed E-state index contributed by atoms with van der Waals surface area (Å²) in [7, 11) is 0. The summed E-state index contributed by atoms with van der Waals surface area (Å²) in [4.78, 5) is 23.0. The molecule has 0 aromatic heterocycles. The molecule has 1 N–H and O–H groups in total. The predicted molar refractivity (Wildman–Crippen MR) is 102 cm³/mol. The van der Waals surface area contributed by atoms with E-state index in [0.29, 0.717) is 29.6 Å². The summed E-state index contributed by atoms with van der Waals surface area (Å²) in [5.74, 6) is 1.11. The summed E-state index contributed by atoms with van der Waals surface area (Å²) in [5.41, 5.74) is 2.47. The highest BCUT2D eigenvalue weighted by molar-refractivity contribution is 5.91. The van der Waals surface area contributed by atoms with Crippen LogP contribution >= 0.6 is 0 Å². The Hall–Kier alpha value is -2.82. The molecule has 0 heterocycles. The number of carbonyl (C=O) groups excluding carboxylic acids is 2. The first-order valence-electron chi connectivity index (χ1n) is 8.82. The Kier molecular flexibility index (Phi) is 7.21. The number of hydrogen-bond donors (Lipinski definition) is 1. The van der Waals surface area contributed by atoms with E-state index in [2.05, 4.69) is 19.2 Å². The second-order valence-corrected chi connectivity index (χ2v) is 6.03. The summed E-state index contributed by atoms with van der Waals surface area (Å²) < 4.78 is 11.0. The van der Waals surface area contributed by atoms with E-state index < -0.39 is 0 Å². The smallest absolute Gasteiger partial charge is 0.262 e. The van der Waals surface area contributed by atoms with Crippen molar-refractivity contribution in [1.82, 2.24) is 0 Å². The van der Waals surface area contributed by atoms with Crippen LogP contribution in [0, 0.1) is 0 Å². The summed E-state index contributed by atoms with van der Waals surface area (Å²) in [6.07, 6.45) is 1.81. The molecule has 1 atom stereocenters. The molecule has 2 aromatic rings. The highest BCUT2D eigenvalue weighted by Crippen LogP contribution is 2.28. The molecule has 0 spiro atoms. The van der Waals surface area contributed by atoms with Crippen LogP contribution in [0.1, 0.15) is 49.0 Å². The van der Waals surface area contributed by atoms with E-state index in [0.717, 1.165) is 18.4 Å². The fraction of sp³-hybridized carbons (Fsp3) is 0.333. The number of hydrogen-bond acceptors (Lipinski definition) is 4. The first kappa shape index (κ1) is 19.5. The second kappa shape index (κ2) is 9.61. The van der Waals surface area contributed by atoms with E-state index in [4.69, 9.17) is 9.47 Å². The van der Waals surface area contributed by atoms with Crippen molar-refractivity contribution < 1.29 is 19.1 Å². The van der Waals surface area contributed by atoms with Crippen LogP contribution in [-0.2, 0) is 4.79 Å². The summed E-state index contributed by atoms with van der Waals surface area (Å²) in [6.45, 7) is 6.46. The average molecular weight is 355 g/mol. The van der Waals surface area contributed by atoms with Gasteiger partial charge in [0.2, 0.25) is 0 Å². The van der Waals surface area contributed by atoms with E-state index in [1.165, 1.54) is 5.56 Å². The van der Waals surface area contributed by atoms with Crippen LogP contribution in [0.25, 0.3) is 0 Å². The molecule has 1 amide bonds. The molecule has 2 aromatic carbocycles. The van der Waals surface area contributed by atoms with Gasteiger partial charge in [-0.05, 0) is 55.2 Å². The molecule has 0 aliphatic carbocycles. The number of carbonyl (C=O) groups is 2. The van der Waals surface area contributed by atoms with Gasteiger partial charge in [-0.2, -0.15) is 0 Å². The summed E-state index contributed by atoms with van der Waals surface area (Å²) in [6, 6.07) is 12.7. The van der Waals surface area contributed by atoms with Crippen LogP contribution in [0.2, 0.25) is 0 Å². The maximum absolute atomic E-state index is 12.1. The Labute approximate surface area is 154 Å². The van der Waals surface area contributed by atoms with Gasteiger partial charge in [0, 0.05) is 11.3 Å². The number of aldehydes is 1. The van der Waals surface area contributed by atoms with Crippen LogP contribution in [0.4, 0.5) is 5.69 Å². The van der Waals surface area contributed by atoms with Crippen molar-refractivity contribution in [2.45, 2.75) is 33.1 Å². The van der Waals surface area contributed by atoms with Crippen molar-refractivity contribution in [3.8, 4) is 11.5 Å². The van der Waals surface area contributed by atoms with E-state index in [1.807, 2.05) is 31.2 Å². The molecule has 0 radical (unpaired) electrons. The molecule has 138 valence electrons. The fourth-order valence-corrected chi connectivity index (χ4v) is 2.46. The third kappa shape index (κ3) is 5.34. The van der Waals surface area contributed by atoms with E-state index in [-0.39, 0.29) is 12.5 Å². The lowest BCUT2D eigenvalue weighted by Gasteiger charge is -2.13. The van der Waals surface area contributed by atoms with E-state index in [1.54, 1.807) is 18.2 Å². The Morgan fingerprint density at radius 3 is 2.42 bits per heavy atom. The largest absolute Gasteiger partial charge is 0.490 e. The zero-order chi connectivity index (χ0) is 18.9. The molecule has 0 fully saturated rings. The molecule has 0 aliphatic rings. The lowest BCUT2D eigenvalue weighted by molar-refractivity contribution is -0.118. The van der Waals surface area contributed by atoms with Gasteiger partial charge in [-0.25, -0.2) is 0 Å². The lowest BCUT2D eigenvalue weighted by atomic mass is 9.99. The molecular formula is C21H25NO4.